The van der Waals surface area contributed by atoms with Gasteiger partial charge >= 0.3 is 5.97 Å². The van der Waals surface area contributed by atoms with Crippen LogP contribution in [-0.4, -0.2) is 21.0 Å². The topological polar surface area (TPSA) is 63.1 Å². The molecule has 1 unspecified atom stereocenters. The van der Waals surface area contributed by atoms with Crippen LogP contribution >= 0.6 is 0 Å². The van der Waals surface area contributed by atoms with Gasteiger partial charge in [-0.05, 0) is 29.9 Å². The first-order valence-electron chi connectivity index (χ1n) is 8.73. The molecule has 0 radical (unpaired) electrons. The van der Waals surface area contributed by atoms with Crippen molar-refractivity contribution < 1.29 is 9.90 Å². The number of unbranched alkanes of at least 4 members (excludes halogenated alkanes) is 3. The van der Waals surface area contributed by atoms with Crippen LogP contribution in [0.1, 0.15) is 63.0 Å². The minimum Gasteiger partial charge on any atom is -0.481 e. The zero-order valence-electron chi connectivity index (χ0n) is 14.5. The lowest BCUT2D eigenvalue weighted by Crippen LogP contribution is -2.02. The van der Waals surface area contributed by atoms with Gasteiger partial charge in [0.05, 0.1) is 6.42 Å². The van der Waals surface area contributed by atoms with Crippen molar-refractivity contribution in [2.75, 3.05) is 0 Å². The van der Waals surface area contributed by atoms with E-state index >= 15 is 0 Å². The molecule has 2 rings (SSSR count). The fourth-order valence-corrected chi connectivity index (χ4v) is 2.73. The summed E-state index contributed by atoms with van der Waals surface area (Å²) in [6.07, 6.45) is 9.97. The number of benzene rings is 1. The summed E-state index contributed by atoms with van der Waals surface area (Å²) in [5.41, 5.74) is 3.16. The smallest absolute Gasteiger partial charge is 0.303 e. The summed E-state index contributed by atoms with van der Waals surface area (Å²) < 4.78 is 0. The van der Waals surface area contributed by atoms with Crippen LogP contribution in [0.25, 0.3) is 11.4 Å². The van der Waals surface area contributed by atoms with E-state index in [2.05, 4.69) is 16.9 Å². The number of nitrogens with zero attached hydrogens (tertiary/aromatic N) is 2. The Bertz CT molecular complexity index is 636. The Kier molecular flexibility index (Phi) is 6.91. The predicted octanol–water partition coefficient (Wildman–Crippen LogP) is 4.84. The average Bonchev–Trinajstić information content (AvgIpc) is 2.59. The lowest BCUT2D eigenvalue weighted by atomic mass is 9.97. The Morgan fingerprint density at radius 2 is 1.75 bits per heavy atom. The third-order valence-corrected chi connectivity index (χ3v) is 4.24. The van der Waals surface area contributed by atoms with Crippen LogP contribution in [0.3, 0.4) is 0 Å². The van der Waals surface area contributed by atoms with E-state index in [1.165, 1.54) is 31.2 Å². The zero-order chi connectivity index (χ0) is 17.4. The van der Waals surface area contributed by atoms with E-state index in [-0.39, 0.29) is 12.3 Å². The highest BCUT2D eigenvalue weighted by Gasteiger charge is 2.10. The first kappa shape index (κ1) is 18.1. The lowest BCUT2D eigenvalue weighted by Gasteiger charge is -2.10. The highest BCUT2D eigenvalue weighted by Crippen LogP contribution is 2.22. The number of aryl methyl sites for hydroxylation is 1. The average molecular weight is 326 g/mol. The first-order chi connectivity index (χ1) is 11.6. The summed E-state index contributed by atoms with van der Waals surface area (Å²) in [4.78, 5) is 19.7. The summed E-state index contributed by atoms with van der Waals surface area (Å²) in [5, 5.41) is 8.88. The number of carboxylic acid groups (broad SMARTS) is 1. The van der Waals surface area contributed by atoms with E-state index in [4.69, 9.17) is 5.11 Å². The predicted molar refractivity (Wildman–Crippen MR) is 96.0 cm³/mol. The second-order valence-corrected chi connectivity index (χ2v) is 6.35. The fourth-order valence-electron chi connectivity index (χ4n) is 2.73. The van der Waals surface area contributed by atoms with Gasteiger partial charge in [0.15, 0.2) is 5.82 Å². The van der Waals surface area contributed by atoms with Gasteiger partial charge in [0, 0.05) is 18.0 Å². The Hall–Kier alpha value is -2.23. The maximum atomic E-state index is 10.8. The molecule has 1 heterocycles. The molecule has 24 heavy (non-hydrogen) atoms. The molecular weight excluding hydrogens is 300 g/mol. The molecule has 128 valence electrons. The summed E-state index contributed by atoms with van der Waals surface area (Å²) in [5.74, 6) is -0.0582. The third kappa shape index (κ3) is 5.44. The quantitative estimate of drug-likeness (QED) is 0.669. The van der Waals surface area contributed by atoms with Crippen molar-refractivity contribution >= 4 is 5.97 Å². The van der Waals surface area contributed by atoms with Crippen LogP contribution in [-0.2, 0) is 11.2 Å². The van der Waals surface area contributed by atoms with Crippen molar-refractivity contribution in [2.24, 2.45) is 0 Å². The number of carbonyl (C=O) groups is 1. The minimum absolute atomic E-state index is 0.00275. The van der Waals surface area contributed by atoms with Crippen LogP contribution in [0.15, 0.2) is 36.7 Å². The fraction of sp³-hybridized carbons (Fsp3) is 0.450. The molecule has 1 N–H and O–H groups in total. The molecular formula is C20H26N2O2. The Morgan fingerprint density at radius 1 is 1.08 bits per heavy atom. The molecule has 0 aliphatic rings. The maximum Gasteiger partial charge on any atom is 0.303 e. The second-order valence-electron chi connectivity index (χ2n) is 6.35. The van der Waals surface area contributed by atoms with Crippen molar-refractivity contribution in [3.8, 4) is 11.4 Å². The van der Waals surface area contributed by atoms with Gasteiger partial charge in [-0.2, -0.15) is 0 Å². The number of hydrogen-bond acceptors (Lipinski definition) is 3. The van der Waals surface area contributed by atoms with Gasteiger partial charge in [0.25, 0.3) is 0 Å². The molecule has 0 amide bonds. The largest absolute Gasteiger partial charge is 0.481 e. The molecule has 0 saturated carbocycles. The molecule has 4 nitrogen and oxygen atoms in total. The molecule has 1 aromatic carbocycles. The van der Waals surface area contributed by atoms with Gasteiger partial charge in [-0.15, -0.1) is 0 Å². The van der Waals surface area contributed by atoms with E-state index < -0.39 is 5.97 Å². The Balaban J connectivity index is 1.97. The molecule has 2 aromatic rings. The molecule has 0 aliphatic carbocycles. The van der Waals surface area contributed by atoms with Crippen molar-refractivity contribution in [1.29, 1.82) is 0 Å². The maximum absolute atomic E-state index is 10.8. The number of aromatic nitrogens is 2. The van der Waals surface area contributed by atoms with Gasteiger partial charge in [-0.1, -0.05) is 57.4 Å². The summed E-state index contributed by atoms with van der Waals surface area (Å²) >= 11 is 0. The number of rotatable bonds is 9. The molecule has 1 atom stereocenters. The molecule has 4 heteroatoms. The molecule has 0 aliphatic heterocycles. The Labute approximate surface area is 144 Å². The van der Waals surface area contributed by atoms with E-state index in [0.29, 0.717) is 5.82 Å². The summed E-state index contributed by atoms with van der Waals surface area (Å²) in [7, 11) is 0. The van der Waals surface area contributed by atoms with Crippen LogP contribution in [0, 0.1) is 0 Å². The second kappa shape index (κ2) is 9.16. The van der Waals surface area contributed by atoms with Crippen LogP contribution < -0.4 is 0 Å². The van der Waals surface area contributed by atoms with Crippen molar-refractivity contribution in [3.63, 3.8) is 0 Å². The SMILES string of the molecule is CCCCCCc1cnc(-c2ccc(C(C)CC(=O)O)cc2)nc1. The first-order valence-corrected chi connectivity index (χ1v) is 8.73. The van der Waals surface area contributed by atoms with Crippen LogP contribution in [0.5, 0.6) is 0 Å². The molecule has 0 spiro atoms. The molecule has 1 aromatic heterocycles. The minimum atomic E-state index is -0.774. The van der Waals surface area contributed by atoms with E-state index in [0.717, 1.165) is 17.5 Å². The highest BCUT2D eigenvalue weighted by molar-refractivity contribution is 5.68. The van der Waals surface area contributed by atoms with Crippen LogP contribution in [0.4, 0.5) is 0 Å². The summed E-state index contributed by atoms with van der Waals surface area (Å²) in [6, 6.07) is 7.85. The molecule has 0 saturated heterocycles. The van der Waals surface area contributed by atoms with Gasteiger partial charge < -0.3 is 5.11 Å². The summed E-state index contributed by atoms with van der Waals surface area (Å²) in [6.45, 7) is 4.14. The van der Waals surface area contributed by atoms with Gasteiger partial charge in [0.2, 0.25) is 0 Å². The van der Waals surface area contributed by atoms with E-state index in [1.807, 2.05) is 43.6 Å². The van der Waals surface area contributed by atoms with Crippen molar-refractivity contribution in [1.82, 2.24) is 9.97 Å². The van der Waals surface area contributed by atoms with E-state index in [9.17, 15) is 4.79 Å². The lowest BCUT2D eigenvalue weighted by molar-refractivity contribution is -0.137. The number of aliphatic carboxylic acids is 1. The highest BCUT2D eigenvalue weighted by atomic mass is 16.4. The monoisotopic (exact) mass is 326 g/mol. The Morgan fingerprint density at radius 3 is 2.33 bits per heavy atom. The number of carboxylic acids is 1. The van der Waals surface area contributed by atoms with Crippen molar-refractivity contribution in [3.05, 3.63) is 47.8 Å². The normalized spacial score (nSPS) is 12.1. The van der Waals surface area contributed by atoms with Gasteiger partial charge in [0.1, 0.15) is 0 Å². The van der Waals surface area contributed by atoms with Crippen LogP contribution in [0.2, 0.25) is 0 Å². The third-order valence-electron chi connectivity index (χ3n) is 4.24. The van der Waals surface area contributed by atoms with Crippen molar-refractivity contribution in [2.45, 2.75) is 58.3 Å². The standard InChI is InChI=1S/C20H26N2O2/c1-3-4-5-6-7-16-13-21-20(22-14-16)18-10-8-17(9-11-18)15(2)12-19(23)24/h8-11,13-15H,3-7,12H2,1-2H3,(H,23,24). The van der Waals surface area contributed by atoms with Gasteiger partial charge in [-0.25, -0.2) is 9.97 Å². The molecule has 0 fully saturated rings. The van der Waals surface area contributed by atoms with E-state index in [1.54, 1.807) is 0 Å². The molecule has 0 bridgehead atoms. The zero-order valence-corrected chi connectivity index (χ0v) is 14.5. The van der Waals surface area contributed by atoms with Gasteiger partial charge in [-0.3, -0.25) is 4.79 Å². The number of hydrogen-bond donors (Lipinski definition) is 1.